The van der Waals surface area contributed by atoms with Gasteiger partial charge in [-0.15, -0.1) is 0 Å². The summed E-state index contributed by atoms with van der Waals surface area (Å²) in [5.74, 6) is 0.308. The highest BCUT2D eigenvalue weighted by molar-refractivity contribution is 6.35. The molecule has 0 aliphatic heterocycles. The normalized spacial score (nSPS) is 9.46. The van der Waals surface area contributed by atoms with Crippen molar-refractivity contribution in [3.8, 4) is 5.75 Å². The Hall–Kier alpha value is -1.26. The van der Waals surface area contributed by atoms with Crippen LogP contribution in [0.15, 0.2) is 18.2 Å². The standard InChI is InChI=1S/C8H9ClN2O2/c1-13-6-4-2-3-5(7(6)9)8(10)11-12/h2-4,12H,1H3,(H2,10,11). The van der Waals surface area contributed by atoms with Gasteiger partial charge in [-0.05, 0) is 12.1 Å². The summed E-state index contributed by atoms with van der Waals surface area (Å²) in [5.41, 5.74) is 2.11. The van der Waals surface area contributed by atoms with E-state index in [-0.39, 0.29) is 5.84 Å². The van der Waals surface area contributed by atoms with Crippen LogP contribution in [0.2, 0.25) is 5.02 Å². The molecule has 0 amide bonds. The summed E-state index contributed by atoms with van der Waals surface area (Å²) in [4.78, 5) is 0. The van der Waals surface area contributed by atoms with Crippen molar-refractivity contribution in [2.45, 2.75) is 0 Å². The molecule has 0 heterocycles. The lowest BCUT2D eigenvalue weighted by atomic mass is 10.2. The smallest absolute Gasteiger partial charge is 0.151 e. The molecule has 0 aliphatic rings. The minimum absolute atomic E-state index is 0.163. The maximum atomic E-state index is 8.50. The number of nitrogens with one attached hydrogen (secondary N) is 2. The quantitative estimate of drug-likeness (QED) is 0.386. The van der Waals surface area contributed by atoms with Gasteiger partial charge >= 0.3 is 0 Å². The number of rotatable bonds is 2. The van der Waals surface area contributed by atoms with Crippen molar-refractivity contribution in [1.82, 2.24) is 5.48 Å². The first kappa shape index (κ1) is 9.83. The van der Waals surface area contributed by atoms with Gasteiger partial charge in [-0.3, -0.25) is 16.1 Å². The molecule has 0 saturated carbocycles. The van der Waals surface area contributed by atoms with Crippen molar-refractivity contribution in [2.75, 3.05) is 7.11 Å². The van der Waals surface area contributed by atoms with Gasteiger partial charge in [0.05, 0.1) is 12.1 Å². The second-order valence-electron chi connectivity index (χ2n) is 2.31. The molecule has 0 aliphatic carbocycles. The van der Waals surface area contributed by atoms with E-state index in [9.17, 15) is 0 Å². The van der Waals surface area contributed by atoms with Gasteiger partial charge < -0.3 is 4.74 Å². The van der Waals surface area contributed by atoms with E-state index in [1.54, 1.807) is 23.7 Å². The van der Waals surface area contributed by atoms with Gasteiger partial charge in [-0.1, -0.05) is 17.7 Å². The van der Waals surface area contributed by atoms with Crippen LogP contribution < -0.4 is 10.2 Å². The molecule has 13 heavy (non-hydrogen) atoms. The van der Waals surface area contributed by atoms with Crippen LogP contribution in [0.4, 0.5) is 0 Å². The fourth-order valence-corrected chi connectivity index (χ4v) is 1.22. The summed E-state index contributed by atoms with van der Waals surface area (Å²) in [6.45, 7) is 0. The topological polar surface area (TPSA) is 65.3 Å². The highest BCUT2D eigenvalue weighted by Gasteiger charge is 2.09. The van der Waals surface area contributed by atoms with E-state index in [1.807, 2.05) is 0 Å². The molecule has 3 N–H and O–H groups in total. The number of hydroxylamine groups is 1. The lowest BCUT2D eigenvalue weighted by Gasteiger charge is -2.07. The largest absolute Gasteiger partial charge is 0.495 e. The molecule has 0 atom stereocenters. The molecule has 70 valence electrons. The first-order valence-corrected chi connectivity index (χ1v) is 3.90. The fourth-order valence-electron chi connectivity index (χ4n) is 0.922. The molecule has 0 aromatic heterocycles. The monoisotopic (exact) mass is 200 g/mol. The van der Waals surface area contributed by atoms with Crippen molar-refractivity contribution in [1.29, 1.82) is 5.41 Å². The SMILES string of the molecule is COc1cccc(C(=N)NO)c1Cl. The Balaban J connectivity index is 3.15. The molecule has 1 rings (SSSR count). The third-order valence-electron chi connectivity index (χ3n) is 1.56. The van der Waals surface area contributed by atoms with Crippen molar-refractivity contribution >= 4 is 17.4 Å². The number of benzene rings is 1. The van der Waals surface area contributed by atoms with Gasteiger partial charge in [0.1, 0.15) is 5.75 Å². The van der Waals surface area contributed by atoms with Crippen LogP contribution in [0, 0.1) is 5.41 Å². The zero-order chi connectivity index (χ0) is 9.84. The Labute approximate surface area is 80.6 Å². The fraction of sp³-hybridized carbons (Fsp3) is 0.125. The molecule has 1 aromatic rings. The van der Waals surface area contributed by atoms with Crippen LogP contribution in [0.1, 0.15) is 5.56 Å². The Morgan fingerprint density at radius 3 is 2.85 bits per heavy atom. The molecule has 0 unspecified atom stereocenters. The van der Waals surface area contributed by atoms with Crippen LogP contribution in [0.3, 0.4) is 0 Å². The van der Waals surface area contributed by atoms with Crippen molar-refractivity contribution < 1.29 is 9.94 Å². The molecule has 0 fully saturated rings. The Kier molecular flexibility index (Phi) is 3.11. The predicted octanol–water partition coefficient (Wildman–Crippen LogP) is 1.65. The number of amidine groups is 1. The van der Waals surface area contributed by atoms with Crippen LogP contribution in [-0.4, -0.2) is 18.2 Å². The van der Waals surface area contributed by atoms with Crippen LogP contribution in [0.5, 0.6) is 5.75 Å². The van der Waals surface area contributed by atoms with Gasteiger partial charge in [0.25, 0.3) is 0 Å². The second-order valence-corrected chi connectivity index (χ2v) is 2.69. The minimum atomic E-state index is -0.163. The zero-order valence-corrected chi connectivity index (χ0v) is 7.72. The van der Waals surface area contributed by atoms with E-state index in [0.29, 0.717) is 16.3 Å². The van der Waals surface area contributed by atoms with Gasteiger partial charge in [0.15, 0.2) is 5.84 Å². The third kappa shape index (κ3) is 1.91. The second kappa shape index (κ2) is 4.11. The number of halogens is 1. The Morgan fingerprint density at radius 1 is 1.62 bits per heavy atom. The van der Waals surface area contributed by atoms with Gasteiger partial charge in [-0.2, -0.15) is 0 Å². The molecule has 0 bridgehead atoms. The van der Waals surface area contributed by atoms with Crippen molar-refractivity contribution in [3.63, 3.8) is 0 Å². The maximum Gasteiger partial charge on any atom is 0.151 e. The Bertz CT molecular complexity index is 328. The zero-order valence-electron chi connectivity index (χ0n) is 6.97. The summed E-state index contributed by atoms with van der Waals surface area (Å²) >= 11 is 5.87. The van der Waals surface area contributed by atoms with E-state index < -0.39 is 0 Å². The summed E-state index contributed by atoms with van der Waals surface area (Å²) in [6, 6.07) is 4.97. The summed E-state index contributed by atoms with van der Waals surface area (Å²) in [6.07, 6.45) is 0. The molecule has 0 radical (unpaired) electrons. The highest BCUT2D eigenvalue weighted by atomic mass is 35.5. The van der Waals surface area contributed by atoms with E-state index in [2.05, 4.69) is 0 Å². The lowest BCUT2D eigenvalue weighted by Crippen LogP contribution is -2.19. The summed E-state index contributed by atoms with van der Waals surface area (Å²) in [7, 11) is 1.49. The minimum Gasteiger partial charge on any atom is -0.495 e. The molecular formula is C8H9ClN2O2. The molecular weight excluding hydrogens is 192 g/mol. The predicted molar refractivity (Wildman–Crippen MR) is 49.8 cm³/mol. The molecule has 0 spiro atoms. The van der Waals surface area contributed by atoms with Crippen LogP contribution >= 0.6 is 11.6 Å². The summed E-state index contributed by atoms with van der Waals surface area (Å²) in [5, 5.41) is 16.1. The van der Waals surface area contributed by atoms with E-state index in [0.717, 1.165) is 0 Å². The van der Waals surface area contributed by atoms with E-state index in [1.165, 1.54) is 7.11 Å². The van der Waals surface area contributed by atoms with Crippen molar-refractivity contribution in [3.05, 3.63) is 28.8 Å². The lowest BCUT2D eigenvalue weighted by molar-refractivity contribution is 0.234. The van der Waals surface area contributed by atoms with Gasteiger partial charge in [0, 0.05) is 5.56 Å². The van der Waals surface area contributed by atoms with E-state index in [4.69, 9.17) is 27.0 Å². The van der Waals surface area contributed by atoms with Crippen LogP contribution in [-0.2, 0) is 0 Å². The molecule has 5 heteroatoms. The molecule has 1 aromatic carbocycles. The third-order valence-corrected chi connectivity index (χ3v) is 1.95. The average Bonchev–Trinajstić information content (AvgIpc) is 2.17. The summed E-state index contributed by atoms with van der Waals surface area (Å²) < 4.78 is 4.94. The number of methoxy groups -OCH3 is 1. The maximum absolute atomic E-state index is 8.50. The first-order valence-electron chi connectivity index (χ1n) is 3.52. The number of hydrogen-bond acceptors (Lipinski definition) is 3. The Morgan fingerprint density at radius 2 is 2.31 bits per heavy atom. The van der Waals surface area contributed by atoms with E-state index >= 15 is 0 Å². The molecule has 4 nitrogen and oxygen atoms in total. The molecule has 0 saturated heterocycles. The van der Waals surface area contributed by atoms with Crippen molar-refractivity contribution in [2.24, 2.45) is 0 Å². The highest BCUT2D eigenvalue weighted by Crippen LogP contribution is 2.27. The van der Waals surface area contributed by atoms with Crippen LogP contribution in [0.25, 0.3) is 0 Å². The number of ether oxygens (including phenoxy) is 1. The van der Waals surface area contributed by atoms with Gasteiger partial charge in [-0.25, -0.2) is 0 Å². The first-order chi connectivity index (χ1) is 6.20. The van der Waals surface area contributed by atoms with Gasteiger partial charge in [0.2, 0.25) is 0 Å². The average molecular weight is 201 g/mol. The number of hydrogen-bond donors (Lipinski definition) is 3.